The topological polar surface area (TPSA) is 6.48 Å². The molecule has 0 aliphatic rings. The van der Waals surface area contributed by atoms with E-state index in [1.807, 2.05) is 0 Å². The highest BCUT2D eigenvalue weighted by atomic mass is 32.2. The summed E-state index contributed by atoms with van der Waals surface area (Å²) in [7, 11) is 4.36. The molecule has 0 aromatic heterocycles. The summed E-state index contributed by atoms with van der Waals surface area (Å²) in [6, 6.07) is 0. The summed E-state index contributed by atoms with van der Waals surface area (Å²) < 4.78 is 0. The molecule has 0 fully saturated rings. The van der Waals surface area contributed by atoms with Crippen molar-refractivity contribution in [2.75, 3.05) is 51.8 Å². The van der Waals surface area contributed by atoms with Crippen LogP contribution in [0.25, 0.3) is 0 Å². The highest BCUT2D eigenvalue weighted by molar-refractivity contribution is 7.99. The first kappa shape index (κ1) is 26.3. The zero-order valence-corrected chi connectivity index (χ0v) is 19.6. The van der Waals surface area contributed by atoms with Gasteiger partial charge >= 0.3 is 0 Å². The maximum Gasteiger partial charge on any atom is 0.0109 e. The molecular formula is C23H50N2S. The molecule has 0 saturated carbocycles. The van der Waals surface area contributed by atoms with Crippen LogP contribution in [0.15, 0.2) is 0 Å². The van der Waals surface area contributed by atoms with Crippen molar-refractivity contribution in [1.29, 1.82) is 0 Å². The SMILES string of the molecule is CCCCCCCCCCCCSCCCN(CCCC)CCN(C)C. The van der Waals surface area contributed by atoms with E-state index < -0.39 is 0 Å². The van der Waals surface area contributed by atoms with E-state index in [2.05, 4.69) is 49.5 Å². The fourth-order valence-electron chi connectivity index (χ4n) is 3.24. The maximum atomic E-state index is 2.67. The van der Waals surface area contributed by atoms with Crippen LogP contribution >= 0.6 is 11.8 Å². The average Bonchev–Trinajstić information content (AvgIpc) is 2.63. The minimum Gasteiger partial charge on any atom is -0.308 e. The summed E-state index contributed by atoms with van der Waals surface area (Å²) in [5, 5.41) is 0. The first-order valence-electron chi connectivity index (χ1n) is 11.7. The molecule has 0 saturated heterocycles. The average molecular weight is 387 g/mol. The van der Waals surface area contributed by atoms with Gasteiger partial charge in [-0.25, -0.2) is 0 Å². The van der Waals surface area contributed by atoms with Crippen molar-refractivity contribution in [1.82, 2.24) is 9.80 Å². The lowest BCUT2D eigenvalue weighted by Crippen LogP contribution is -2.33. The molecular weight excluding hydrogens is 336 g/mol. The molecule has 26 heavy (non-hydrogen) atoms. The first-order valence-corrected chi connectivity index (χ1v) is 12.8. The summed E-state index contributed by atoms with van der Waals surface area (Å²) in [6.45, 7) is 9.59. The molecule has 158 valence electrons. The van der Waals surface area contributed by atoms with Gasteiger partial charge in [-0.3, -0.25) is 0 Å². The molecule has 0 heterocycles. The molecule has 0 radical (unpaired) electrons. The van der Waals surface area contributed by atoms with E-state index in [4.69, 9.17) is 0 Å². The van der Waals surface area contributed by atoms with E-state index in [-0.39, 0.29) is 0 Å². The van der Waals surface area contributed by atoms with Crippen LogP contribution in [0, 0.1) is 0 Å². The van der Waals surface area contributed by atoms with Crippen molar-refractivity contribution >= 4 is 11.8 Å². The Balaban J connectivity index is 3.36. The lowest BCUT2D eigenvalue weighted by Gasteiger charge is -2.23. The van der Waals surface area contributed by atoms with Crippen molar-refractivity contribution in [3.05, 3.63) is 0 Å². The Bertz CT molecular complexity index is 259. The molecule has 3 heteroatoms. The largest absolute Gasteiger partial charge is 0.308 e. The Hall–Kier alpha value is 0.270. The molecule has 0 aliphatic carbocycles. The van der Waals surface area contributed by atoms with Gasteiger partial charge in [-0.15, -0.1) is 0 Å². The number of thioether (sulfide) groups is 1. The minimum absolute atomic E-state index is 1.19. The second-order valence-electron chi connectivity index (χ2n) is 8.15. The number of rotatable bonds is 21. The highest BCUT2D eigenvalue weighted by Crippen LogP contribution is 2.13. The van der Waals surface area contributed by atoms with Crippen molar-refractivity contribution in [2.45, 2.75) is 97.3 Å². The van der Waals surface area contributed by atoms with Crippen LogP contribution in [-0.4, -0.2) is 61.6 Å². The first-order chi connectivity index (χ1) is 12.7. The third-order valence-corrected chi connectivity index (χ3v) is 6.25. The van der Waals surface area contributed by atoms with E-state index in [0.29, 0.717) is 0 Å². The third kappa shape index (κ3) is 20.6. The van der Waals surface area contributed by atoms with Gasteiger partial charge in [0.15, 0.2) is 0 Å². The summed E-state index contributed by atoms with van der Waals surface area (Å²) in [5.41, 5.74) is 0. The van der Waals surface area contributed by atoms with Gasteiger partial charge in [-0.1, -0.05) is 78.1 Å². The van der Waals surface area contributed by atoms with Crippen LogP contribution in [0.4, 0.5) is 0 Å². The van der Waals surface area contributed by atoms with Gasteiger partial charge in [-0.05, 0) is 58.0 Å². The number of hydrogen-bond donors (Lipinski definition) is 0. The Morgan fingerprint density at radius 2 is 1.00 bits per heavy atom. The molecule has 0 bridgehead atoms. The van der Waals surface area contributed by atoms with Gasteiger partial charge in [0, 0.05) is 13.1 Å². The van der Waals surface area contributed by atoms with E-state index in [9.17, 15) is 0 Å². The zero-order chi connectivity index (χ0) is 19.3. The Kier molecular flexibility index (Phi) is 21.8. The summed E-state index contributed by atoms with van der Waals surface area (Å²) in [6.07, 6.45) is 18.5. The molecule has 0 N–H and O–H groups in total. The lowest BCUT2D eigenvalue weighted by molar-refractivity contribution is 0.238. The predicted octanol–water partition coefficient (Wildman–Crippen LogP) is 6.69. The molecule has 0 rings (SSSR count). The molecule has 2 nitrogen and oxygen atoms in total. The molecule has 0 unspecified atom stereocenters. The molecule has 0 aliphatic heterocycles. The molecule has 0 atom stereocenters. The van der Waals surface area contributed by atoms with Gasteiger partial charge in [-0.2, -0.15) is 11.8 Å². The zero-order valence-electron chi connectivity index (χ0n) is 18.7. The number of unbranched alkanes of at least 4 members (excludes halogenated alkanes) is 10. The van der Waals surface area contributed by atoms with Crippen LogP contribution in [0.2, 0.25) is 0 Å². The molecule has 0 spiro atoms. The van der Waals surface area contributed by atoms with Crippen molar-refractivity contribution in [3.8, 4) is 0 Å². The molecule has 0 aromatic carbocycles. The smallest absolute Gasteiger partial charge is 0.0109 e. The second-order valence-corrected chi connectivity index (χ2v) is 9.37. The number of likely N-dealkylation sites (N-methyl/N-ethyl adjacent to an activating group) is 1. The molecule has 0 aromatic rings. The van der Waals surface area contributed by atoms with Crippen LogP contribution in [0.5, 0.6) is 0 Å². The van der Waals surface area contributed by atoms with Gasteiger partial charge < -0.3 is 9.80 Å². The quantitative estimate of drug-likeness (QED) is 0.203. The van der Waals surface area contributed by atoms with Crippen molar-refractivity contribution < 1.29 is 0 Å². The maximum absolute atomic E-state index is 2.67. The summed E-state index contributed by atoms with van der Waals surface area (Å²) >= 11 is 2.18. The van der Waals surface area contributed by atoms with E-state index in [1.54, 1.807) is 0 Å². The Morgan fingerprint density at radius 1 is 0.500 bits per heavy atom. The number of hydrogen-bond acceptors (Lipinski definition) is 3. The normalized spacial score (nSPS) is 11.8. The lowest BCUT2D eigenvalue weighted by atomic mass is 10.1. The van der Waals surface area contributed by atoms with E-state index >= 15 is 0 Å². The summed E-state index contributed by atoms with van der Waals surface area (Å²) in [5.74, 6) is 2.73. The van der Waals surface area contributed by atoms with Crippen molar-refractivity contribution in [2.24, 2.45) is 0 Å². The van der Waals surface area contributed by atoms with Crippen molar-refractivity contribution in [3.63, 3.8) is 0 Å². The fourth-order valence-corrected chi connectivity index (χ4v) is 4.19. The van der Waals surface area contributed by atoms with Gasteiger partial charge in [0.2, 0.25) is 0 Å². The standard InChI is InChI=1S/C23H50N2S/c1-5-7-9-10-11-12-13-14-15-16-22-26-23-17-19-25(18-8-6-2)21-20-24(3)4/h5-23H2,1-4H3. The Morgan fingerprint density at radius 3 is 1.58 bits per heavy atom. The van der Waals surface area contributed by atoms with Crippen LogP contribution in [0.1, 0.15) is 97.3 Å². The fraction of sp³-hybridized carbons (Fsp3) is 1.00. The van der Waals surface area contributed by atoms with Gasteiger partial charge in [0.25, 0.3) is 0 Å². The third-order valence-electron chi connectivity index (χ3n) is 5.10. The summed E-state index contributed by atoms with van der Waals surface area (Å²) in [4.78, 5) is 4.98. The highest BCUT2D eigenvalue weighted by Gasteiger charge is 2.04. The predicted molar refractivity (Wildman–Crippen MR) is 124 cm³/mol. The second kappa shape index (κ2) is 21.6. The van der Waals surface area contributed by atoms with Gasteiger partial charge in [0.1, 0.15) is 0 Å². The minimum atomic E-state index is 1.19. The number of nitrogens with zero attached hydrogens (tertiary/aromatic N) is 2. The molecule has 0 amide bonds. The van der Waals surface area contributed by atoms with Crippen LogP contribution in [0.3, 0.4) is 0 Å². The Labute approximate surface area is 170 Å². The van der Waals surface area contributed by atoms with Gasteiger partial charge in [0.05, 0.1) is 0 Å². The monoisotopic (exact) mass is 386 g/mol. The van der Waals surface area contributed by atoms with E-state index in [1.165, 1.54) is 121 Å². The van der Waals surface area contributed by atoms with Crippen LogP contribution < -0.4 is 0 Å². The van der Waals surface area contributed by atoms with E-state index in [0.717, 1.165) is 0 Å². The van der Waals surface area contributed by atoms with Crippen LogP contribution in [-0.2, 0) is 0 Å².